The number of hydrogen-bond donors (Lipinski definition) is 3. The Hall–Kier alpha value is -0.910. The molecule has 0 heterocycles. The van der Waals surface area contributed by atoms with Crippen LogP contribution in [0.2, 0.25) is 0 Å². The molecule has 0 bridgehead atoms. The first-order valence-electron chi connectivity index (χ1n) is 3.85. The predicted octanol–water partition coefficient (Wildman–Crippen LogP) is -0.585. The molecule has 0 fully saturated rings. The molecule has 0 saturated heterocycles. The first-order chi connectivity index (χ1) is 6.12. The van der Waals surface area contributed by atoms with Gasteiger partial charge in [-0.15, -0.1) is 0 Å². The minimum Gasteiger partial charge on any atom is -0.433 e. The largest absolute Gasteiger partial charge is 0.433 e. The maximum absolute atomic E-state index is 10.3. The van der Waals surface area contributed by atoms with Crippen molar-refractivity contribution in [2.24, 2.45) is 0 Å². The van der Waals surface area contributed by atoms with Crippen molar-refractivity contribution in [3.05, 3.63) is 12.7 Å². The third kappa shape index (κ3) is 14.0. The molecule has 0 amide bonds. The highest BCUT2D eigenvalue weighted by atomic mass is 16.6. The summed E-state index contributed by atoms with van der Waals surface area (Å²) >= 11 is 0. The van der Waals surface area contributed by atoms with Crippen LogP contribution in [0.25, 0.3) is 0 Å². The summed E-state index contributed by atoms with van der Waals surface area (Å²) < 4.78 is 4.35. The maximum Gasteiger partial charge on any atom is 0.332 e. The Morgan fingerprint density at radius 3 is 2.23 bits per heavy atom. The lowest BCUT2D eigenvalue weighted by Gasteiger charge is -2.05. The second-order valence-electron chi connectivity index (χ2n) is 1.95. The van der Waals surface area contributed by atoms with E-state index in [1.54, 1.807) is 6.92 Å². The van der Waals surface area contributed by atoms with Crippen molar-refractivity contribution >= 4 is 5.97 Å². The number of rotatable bonds is 4. The average molecular weight is 192 g/mol. The van der Waals surface area contributed by atoms with Gasteiger partial charge in [-0.2, -0.15) is 0 Å². The molecule has 3 N–H and O–H groups in total. The van der Waals surface area contributed by atoms with Gasteiger partial charge in [0.25, 0.3) is 0 Å². The number of hydrogen-bond acceptors (Lipinski definition) is 5. The molecule has 0 spiro atoms. The number of ether oxygens (including phenoxy) is 1. The number of carbonyl (C=O) groups is 1. The predicted molar refractivity (Wildman–Crippen MR) is 46.8 cm³/mol. The molecule has 0 saturated carbocycles. The van der Waals surface area contributed by atoms with Crippen LogP contribution in [0.3, 0.4) is 0 Å². The summed E-state index contributed by atoms with van der Waals surface area (Å²) in [6.07, 6.45) is 0.425. The standard InChI is InChI=1S/C6H10O3.C2H6O2/c1-3-5(7)9-6(8)4-2;3-1-2-4/h3,6,8H,1,4H2,2H3;3-4H,1-2H2. The van der Waals surface area contributed by atoms with Crippen LogP contribution < -0.4 is 0 Å². The van der Waals surface area contributed by atoms with E-state index in [9.17, 15) is 4.79 Å². The normalized spacial score (nSPS) is 10.8. The SMILES string of the molecule is C=CC(=O)OC(O)CC.OCCO. The smallest absolute Gasteiger partial charge is 0.332 e. The first-order valence-corrected chi connectivity index (χ1v) is 3.85. The summed E-state index contributed by atoms with van der Waals surface area (Å²) in [5.41, 5.74) is 0. The minimum atomic E-state index is -0.990. The van der Waals surface area contributed by atoms with E-state index in [1.807, 2.05) is 0 Å². The van der Waals surface area contributed by atoms with Crippen molar-refractivity contribution < 1.29 is 24.9 Å². The van der Waals surface area contributed by atoms with Gasteiger partial charge >= 0.3 is 5.97 Å². The molecule has 5 nitrogen and oxygen atoms in total. The maximum atomic E-state index is 10.3. The summed E-state index contributed by atoms with van der Waals surface area (Å²) in [5.74, 6) is -0.593. The van der Waals surface area contributed by atoms with Crippen molar-refractivity contribution in [1.82, 2.24) is 0 Å². The molecule has 0 aromatic carbocycles. The highest BCUT2D eigenvalue weighted by molar-refractivity contribution is 5.81. The molecule has 1 atom stereocenters. The van der Waals surface area contributed by atoms with Crippen LogP contribution in [0.5, 0.6) is 0 Å². The molecule has 5 heteroatoms. The van der Waals surface area contributed by atoms with Crippen LogP contribution in [0.15, 0.2) is 12.7 Å². The van der Waals surface area contributed by atoms with Gasteiger partial charge < -0.3 is 20.1 Å². The van der Waals surface area contributed by atoms with Crippen LogP contribution in [0, 0.1) is 0 Å². The third-order valence-corrected chi connectivity index (χ3v) is 0.868. The van der Waals surface area contributed by atoms with E-state index >= 15 is 0 Å². The van der Waals surface area contributed by atoms with Gasteiger partial charge in [0, 0.05) is 12.5 Å². The Kier molecular flexibility index (Phi) is 12.5. The highest BCUT2D eigenvalue weighted by Crippen LogP contribution is 1.92. The summed E-state index contributed by atoms with van der Waals surface area (Å²) in [5, 5.41) is 23.9. The second-order valence-corrected chi connectivity index (χ2v) is 1.95. The molecule has 13 heavy (non-hydrogen) atoms. The molecule has 0 aromatic rings. The number of carbonyl (C=O) groups excluding carboxylic acids is 1. The Morgan fingerprint density at radius 2 is 2.00 bits per heavy atom. The molecule has 0 aliphatic rings. The van der Waals surface area contributed by atoms with Gasteiger partial charge in [-0.05, 0) is 0 Å². The van der Waals surface area contributed by atoms with Crippen LogP contribution in [-0.2, 0) is 9.53 Å². The third-order valence-electron chi connectivity index (χ3n) is 0.868. The second kappa shape index (κ2) is 11.1. The summed E-state index contributed by atoms with van der Waals surface area (Å²) in [6, 6.07) is 0. The van der Waals surface area contributed by atoms with E-state index in [0.29, 0.717) is 6.42 Å². The Labute approximate surface area is 77.3 Å². The van der Waals surface area contributed by atoms with E-state index in [4.69, 9.17) is 15.3 Å². The van der Waals surface area contributed by atoms with Crippen molar-refractivity contribution in [2.45, 2.75) is 19.6 Å². The van der Waals surface area contributed by atoms with Gasteiger partial charge in [0.2, 0.25) is 6.29 Å². The Morgan fingerprint density at radius 1 is 1.54 bits per heavy atom. The monoisotopic (exact) mass is 192 g/mol. The Balaban J connectivity index is 0. The number of esters is 1. The molecule has 0 aromatic heterocycles. The van der Waals surface area contributed by atoms with Gasteiger partial charge in [0.1, 0.15) is 0 Å². The summed E-state index contributed by atoms with van der Waals surface area (Å²) in [4.78, 5) is 10.3. The number of aliphatic hydroxyl groups excluding tert-OH is 3. The molecule has 0 aliphatic carbocycles. The van der Waals surface area contributed by atoms with E-state index < -0.39 is 12.3 Å². The molecular weight excluding hydrogens is 176 g/mol. The van der Waals surface area contributed by atoms with E-state index in [0.717, 1.165) is 6.08 Å². The van der Waals surface area contributed by atoms with Crippen LogP contribution in [0.1, 0.15) is 13.3 Å². The first kappa shape index (κ1) is 14.6. The van der Waals surface area contributed by atoms with E-state index in [1.165, 1.54) is 0 Å². The Bertz CT molecular complexity index is 132. The highest BCUT2D eigenvalue weighted by Gasteiger charge is 2.02. The van der Waals surface area contributed by atoms with E-state index in [2.05, 4.69) is 11.3 Å². The van der Waals surface area contributed by atoms with Crippen molar-refractivity contribution in [3.63, 3.8) is 0 Å². The summed E-state index contributed by atoms with van der Waals surface area (Å²) in [6.45, 7) is 4.62. The lowest BCUT2D eigenvalue weighted by Crippen LogP contribution is -2.14. The molecule has 78 valence electrons. The molecule has 1 unspecified atom stereocenters. The van der Waals surface area contributed by atoms with E-state index in [-0.39, 0.29) is 13.2 Å². The van der Waals surface area contributed by atoms with Gasteiger partial charge in [-0.3, -0.25) is 0 Å². The fraction of sp³-hybridized carbons (Fsp3) is 0.625. The van der Waals surface area contributed by atoms with Crippen LogP contribution >= 0.6 is 0 Å². The fourth-order valence-electron chi connectivity index (χ4n) is 0.266. The topological polar surface area (TPSA) is 87.0 Å². The zero-order valence-corrected chi connectivity index (χ0v) is 7.64. The fourth-order valence-corrected chi connectivity index (χ4v) is 0.266. The van der Waals surface area contributed by atoms with Crippen molar-refractivity contribution in [3.8, 4) is 0 Å². The molecule has 0 radical (unpaired) electrons. The molecule has 0 aliphatic heterocycles. The minimum absolute atomic E-state index is 0.125. The molecule has 0 rings (SSSR count). The van der Waals surface area contributed by atoms with Gasteiger partial charge in [0.15, 0.2) is 0 Å². The zero-order valence-electron chi connectivity index (χ0n) is 7.64. The molecular formula is C8H16O5. The number of aliphatic hydroxyl groups is 3. The van der Waals surface area contributed by atoms with Gasteiger partial charge in [-0.1, -0.05) is 13.5 Å². The lowest BCUT2D eigenvalue weighted by molar-refractivity contribution is -0.161. The quantitative estimate of drug-likeness (QED) is 0.315. The van der Waals surface area contributed by atoms with Crippen molar-refractivity contribution in [1.29, 1.82) is 0 Å². The lowest BCUT2D eigenvalue weighted by atomic mass is 10.5. The van der Waals surface area contributed by atoms with Crippen LogP contribution in [-0.4, -0.2) is 40.8 Å². The summed E-state index contributed by atoms with van der Waals surface area (Å²) in [7, 11) is 0. The zero-order chi connectivity index (χ0) is 10.7. The van der Waals surface area contributed by atoms with Gasteiger partial charge in [0.05, 0.1) is 13.2 Å². The van der Waals surface area contributed by atoms with Gasteiger partial charge in [-0.25, -0.2) is 4.79 Å². The van der Waals surface area contributed by atoms with Crippen LogP contribution in [0.4, 0.5) is 0 Å². The van der Waals surface area contributed by atoms with Crippen molar-refractivity contribution in [2.75, 3.05) is 13.2 Å². The average Bonchev–Trinajstić information content (AvgIpc) is 2.17.